The van der Waals surface area contributed by atoms with Crippen molar-refractivity contribution < 1.29 is 0 Å². The van der Waals surface area contributed by atoms with Gasteiger partial charge in [0, 0.05) is 0 Å². The molecule has 0 saturated heterocycles. The van der Waals surface area contributed by atoms with Gasteiger partial charge in [-0.2, -0.15) is 0 Å². The normalized spacial score (nSPS) is 11.7. The van der Waals surface area contributed by atoms with Crippen LogP contribution >= 0.6 is 0 Å². The fourth-order valence-electron chi connectivity index (χ4n) is 1.77. The molecular weight excluding hydrogens is 172 g/mol. The SMILES string of the molecule is CCC[Si](C)(C)c1ccc(C)cc1. The molecule has 1 heteroatoms. The van der Waals surface area contributed by atoms with E-state index in [1.165, 1.54) is 18.0 Å². The predicted octanol–water partition coefficient (Wildman–Crippen LogP) is 3.32. The lowest BCUT2D eigenvalue weighted by atomic mass is 10.2. The minimum absolute atomic E-state index is 1.10. The standard InChI is InChI=1S/C12H20Si/c1-5-10-13(3,4)12-8-6-11(2)7-9-12/h6-9H,5,10H2,1-4H3. The Hall–Kier alpha value is -0.563. The van der Waals surface area contributed by atoms with Gasteiger partial charge in [-0.05, 0) is 6.92 Å². The predicted molar refractivity (Wildman–Crippen MR) is 63.4 cm³/mol. The van der Waals surface area contributed by atoms with Gasteiger partial charge in [-0.3, -0.25) is 0 Å². The molecule has 0 saturated carbocycles. The highest BCUT2D eigenvalue weighted by molar-refractivity contribution is 6.89. The Balaban J connectivity index is 2.87. The fraction of sp³-hybridized carbons (Fsp3) is 0.500. The van der Waals surface area contributed by atoms with Crippen LogP contribution in [-0.2, 0) is 0 Å². The van der Waals surface area contributed by atoms with Crippen molar-refractivity contribution in [3.05, 3.63) is 29.8 Å². The molecule has 0 aliphatic heterocycles. The Labute approximate surface area is 83.0 Å². The molecule has 0 bridgehead atoms. The van der Waals surface area contributed by atoms with E-state index >= 15 is 0 Å². The van der Waals surface area contributed by atoms with Crippen LogP contribution in [0.15, 0.2) is 24.3 Å². The number of hydrogen-bond acceptors (Lipinski definition) is 0. The Kier molecular flexibility index (Phi) is 3.31. The third-order valence-electron chi connectivity index (χ3n) is 2.71. The van der Waals surface area contributed by atoms with Gasteiger partial charge in [-0.15, -0.1) is 0 Å². The van der Waals surface area contributed by atoms with E-state index < -0.39 is 8.07 Å². The number of benzene rings is 1. The zero-order valence-electron chi connectivity index (χ0n) is 9.22. The molecule has 0 amide bonds. The second-order valence-electron chi connectivity index (χ2n) is 4.50. The molecule has 0 aliphatic carbocycles. The van der Waals surface area contributed by atoms with E-state index in [0.29, 0.717) is 0 Å². The van der Waals surface area contributed by atoms with Gasteiger partial charge in [0.25, 0.3) is 0 Å². The molecule has 1 rings (SSSR count). The second-order valence-corrected chi connectivity index (χ2v) is 9.35. The minimum Gasteiger partial charge on any atom is -0.0656 e. The largest absolute Gasteiger partial charge is 0.0806 e. The van der Waals surface area contributed by atoms with Gasteiger partial charge in [0.2, 0.25) is 0 Å². The van der Waals surface area contributed by atoms with Crippen LogP contribution in [0.1, 0.15) is 18.9 Å². The van der Waals surface area contributed by atoms with Crippen molar-refractivity contribution in [1.82, 2.24) is 0 Å². The number of aryl methyl sites for hydroxylation is 1. The quantitative estimate of drug-likeness (QED) is 0.645. The lowest BCUT2D eigenvalue weighted by Gasteiger charge is -2.22. The van der Waals surface area contributed by atoms with E-state index in [0.717, 1.165) is 0 Å². The summed E-state index contributed by atoms with van der Waals surface area (Å²) in [6, 6.07) is 10.5. The first-order valence-corrected chi connectivity index (χ1v) is 8.34. The summed E-state index contributed by atoms with van der Waals surface area (Å²) in [7, 11) is -1.10. The molecular formula is C12H20Si. The summed E-state index contributed by atoms with van der Waals surface area (Å²) in [5, 5.41) is 1.60. The zero-order chi connectivity index (χ0) is 9.90. The zero-order valence-corrected chi connectivity index (χ0v) is 10.2. The first-order valence-electron chi connectivity index (χ1n) is 5.13. The molecule has 0 radical (unpaired) electrons. The highest BCUT2D eigenvalue weighted by atomic mass is 28.3. The van der Waals surface area contributed by atoms with Crippen molar-refractivity contribution in [3.63, 3.8) is 0 Å². The maximum absolute atomic E-state index is 2.46. The third-order valence-corrected chi connectivity index (χ3v) is 6.35. The minimum atomic E-state index is -1.10. The van der Waals surface area contributed by atoms with Crippen molar-refractivity contribution in [2.45, 2.75) is 39.4 Å². The van der Waals surface area contributed by atoms with Crippen molar-refractivity contribution >= 4 is 13.3 Å². The Bertz CT molecular complexity index is 259. The third kappa shape index (κ3) is 2.70. The van der Waals surface area contributed by atoms with Crippen LogP contribution in [0.25, 0.3) is 0 Å². The lowest BCUT2D eigenvalue weighted by Crippen LogP contribution is -2.40. The summed E-state index contributed by atoms with van der Waals surface area (Å²) in [4.78, 5) is 0. The Morgan fingerprint density at radius 3 is 2.08 bits per heavy atom. The maximum Gasteiger partial charge on any atom is 0.0806 e. The van der Waals surface area contributed by atoms with Crippen molar-refractivity contribution in [2.75, 3.05) is 0 Å². The van der Waals surface area contributed by atoms with E-state index in [1.54, 1.807) is 5.19 Å². The molecule has 0 aliphatic rings. The molecule has 1 aromatic rings. The molecule has 0 N–H and O–H groups in total. The lowest BCUT2D eigenvalue weighted by molar-refractivity contribution is 1.05. The maximum atomic E-state index is 2.46. The smallest absolute Gasteiger partial charge is 0.0656 e. The molecule has 0 spiro atoms. The van der Waals surface area contributed by atoms with E-state index in [4.69, 9.17) is 0 Å². The van der Waals surface area contributed by atoms with Gasteiger partial charge in [0.05, 0.1) is 8.07 Å². The van der Waals surface area contributed by atoms with Crippen LogP contribution in [0.3, 0.4) is 0 Å². The van der Waals surface area contributed by atoms with Crippen LogP contribution in [0.2, 0.25) is 19.1 Å². The van der Waals surface area contributed by atoms with Gasteiger partial charge in [-0.25, -0.2) is 0 Å². The van der Waals surface area contributed by atoms with E-state index in [1.807, 2.05) is 0 Å². The van der Waals surface area contributed by atoms with E-state index in [2.05, 4.69) is 51.2 Å². The number of rotatable bonds is 3. The Morgan fingerprint density at radius 1 is 1.08 bits per heavy atom. The van der Waals surface area contributed by atoms with E-state index in [9.17, 15) is 0 Å². The molecule has 0 aromatic heterocycles. The average molecular weight is 192 g/mol. The van der Waals surface area contributed by atoms with Crippen LogP contribution in [0.4, 0.5) is 0 Å². The van der Waals surface area contributed by atoms with Crippen LogP contribution in [0, 0.1) is 6.92 Å². The van der Waals surface area contributed by atoms with Crippen molar-refractivity contribution in [3.8, 4) is 0 Å². The van der Waals surface area contributed by atoms with Gasteiger partial charge < -0.3 is 0 Å². The highest BCUT2D eigenvalue weighted by Crippen LogP contribution is 2.12. The van der Waals surface area contributed by atoms with Crippen LogP contribution in [-0.4, -0.2) is 8.07 Å². The average Bonchev–Trinajstić information content (AvgIpc) is 2.05. The summed E-state index contributed by atoms with van der Waals surface area (Å²) >= 11 is 0. The van der Waals surface area contributed by atoms with Crippen molar-refractivity contribution in [2.24, 2.45) is 0 Å². The summed E-state index contributed by atoms with van der Waals surface area (Å²) in [6.07, 6.45) is 1.31. The van der Waals surface area contributed by atoms with Gasteiger partial charge in [0.1, 0.15) is 0 Å². The summed E-state index contributed by atoms with van der Waals surface area (Å²) < 4.78 is 0. The summed E-state index contributed by atoms with van der Waals surface area (Å²) in [5.74, 6) is 0. The molecule has 0 nitrogen and oxygen atoms in total. The van der Waals surface area contributed by atoms with Crippen LogP contribution in [0.5, 0.6) is 0 Å². The van der Waals surface area contributed by atoms with Crippen molar-refractivity contribution in [1.29, 1.82) is 0 Å². The fourth-order valence-corrected chi connectivity index (χ4v) is 4.38. The van der Waals surface area contributed by atoms with Gasteiger partial charge in [-0.1, -0.05) is 67.5 Å². The summed E-state index contributed by atoms with van der Waals surface area (Å²) in [6.45, 7) is 9.35. The molecule has 72 valence electrons. The summed E-state index contributed by atoms with van der Waals surface area (Å²) in [5.41, 5.74) is 1.37. The second kappa shape index (κ2) is 4.10. The molecule has 13 heavy (non-hydrogen) atoms. The number of hydrogen-bond donors (Lipinski definition) is 0. The molecule has 0 heterocycles. The Morgan fingerprint density at radius 2 is 1.62 bits per heavy atom. The van der Waals surface area contributed by atoms with Crippen LogP contribution < -0.4 is 5.19 Å². The van der Waals surface area contributed by atoms with Gasteiger partial charge in [0.15, 0.2) is 0 Å². The van der Waals surface area contributed by atoms with E-state index in [-0.39, 0.29) is 0 Å². The molecule has 1 aromatic carbocycles. The molecule has 0 unspecified atom stereocenters. The molecule has 0 atom stereocenters. The highest BCUT2D eigenvalue weighted by Gasteiger charge is 2.21. The monoisotopic (exact) mass is 192 g/mol. The topological polar surface area (TPSA) is 0 Å². The molecule has 0 fully saturated rings. The first kappa shape index (κ1) is 10.5. The first-order chi connectivity index (χ1) is 6.06. The van der Waals surface area contributed by atoms with Gasteiger partial charge >= 0.3 is 0 Å².